The van der Waals surface area contributed by atoms with Crippen molar-refractivity contribution in [3.63, 3.8) is 0 Å². The van der Waals surface area contributed by atoms with Crippen LogP contribution in [0.25, 0.3) is 0 Å². The minimum atomic E-state index is -1.82. The standard InChI is InChI=1S/2C10H20N2O3.C2H2O4/c2*1-10(2,3)15-9(14)12-7-6-11-5-4-8(7)13;3-1(4)2(5)6/h2*7-8,11,13H,4-6H2,1-3H3,(H,12,14);(H,3,4)(H,5,6)/t2*7-,8+;/m00./s1. The van der Waals surface area contributed by atoms with Crippen LogP contribution in [-0.4, -0.2) is 106 Å². The van der Waals surface area contributed by atoms with Crippen LogP contribution in [0.15, 0.2) is 0 Å². The molecule has 0 bridgehead atoms. The first-order chi connectivity index (χ1) is 16.4. The van der Waals surface area contributed by atoms with E-state index in [1.54, 1.807) is 0 Å². The number of nitrogens with one attached hydrogen (secondary N) is 4. The van der Waals surface area contributed by atoms with Crippen LogP contribution >= 0.6 is 0 Å². The number of alkyl carbamates (subject to hydrolysis) is 2. The molecule has 0 saturated carbocycles. The second-order valence-electron chi connectivity index (χ2n) is 10.2. The predicted octanol–water partition coefficient (Wildman–Crippen LogP) is -0.377. The summed E-state index contributed by atoms with van der Waals surface area (Å²) in [6, 6.07) is -0.512. The third-order valence-electron chi connectivity index (χ3n) is 4.48. The molecule has 0 aromatic rings. The Hall–Kier alpha value is -2.68. The van der Waals surface area contributed by atoms with Gasteiger partial charge in [-0.25, -0.2) is 19.2 Å². The molecule has 0 unspecified atom stereocenters. The van der Waals surface area contributed by atoms with Crippen molar-refractivity contribution < 1.29 is 49.1 Å². The summed E-state index contributed by atoms with van der Waals surface area (Å²) in [5, 5.41) is 45.5. The molecule has 0 aromatic heterocycles. The van der Waals surface area contributed by atoms with E-state index < -0.39 is 47.5 Å². The van der Waals surface area contributed by atoms with Gasteiger partial charge in [-0.15, -0.1) is 0 Å². The van der Waals surface area contributed by atoms with Crippen molar-refractivity contribution in [3.05, 3.63) is 0 Å². The molecule has 2 saturated heterocycles. The molecule has 2 aliphatic heterocycles. The van der Waals surface area contributed by atoms with E-state index in [1.807, 2.05) is 41.5 Å². The number of aliphatic carboxylic acids is 2. The summed E-state index contributed by atoms with van der Waals surface area (Å²) < 4.78 is 10.2. The molecular weight excluding hydrogens is 480 g/mol. The van der Waals surface area contributed by atoms with E-state index in [4.69, 9.17) is 29.3 Å². The molecule has 2 aliphatic rings. The average Bonchev–Trinajstić information content (AvgIpc) is 2.69. The highest BCUT2D eigenvalue weighted by molar-refractivity contribution is 6.27. The number of carboxylic acid groups (broad SMARTS) is 2. The fourth-order valence-corrected chi connectivity index (χ4v) is 2.90. The van der Waals surface area contributed by atoms with Crippen molar-refractivity contribution >= 4 is 24.1 Å². The average molecular weight is 523 g/mol. The summed E-state index contributed by atoms with van der Waals surface area (Å²) in [4.78, 5) is 41.0. The second kappa shape index (κ2) is 15.4. The van der Waals surface area contributed by atoms with Gasteiger partial charge in [0.05, 0.1) is 24.3 Å². The maximum absolute atomic E-state index is 11.4. The van der Waals surface area contributed by atoms with Crippen molar-refractivity contribution in [2.24, 2.45) is 0 Å². The zero-order valence-electron chi connectivity index (χ0n) is 21.8. The molecule has 2 amide bonds. The number of hydrogen-bond acceptors (Lipinski definition) is 10. The van der Waals surface area contributed by atoms with Crippen molar-refractivity contribution in [3.8, 4) is 0 Å². The maximum Gasteiger partial charge on any atom is 0.414 e. The van der Waals surface area contributed by atoms with Gasteiger partial charge in [-0.1, -0.05) is 0 Å². The minimum absolute atomic E-state index is 0.256. The van der Waals surface area contributed by atoms with Gasteiger partial charge in [0.25, 0.3) is 0 Å². The van der Waals surface area contributed by atoms with Gasteiger partial charge in [-0.2, -0.15) is 0 Å². The lowest BCUT2D eigenvalue weighted by molar-refractivity contribution is -0.159. The molecule has 4 atom stereocenters. The number of hydrogen-bond donors (Lipinski definition) is 8. The number of ether oxygens (including phenoxy) is 2. The summed E-state index contributed by atoms with van der Waals surface area (Å²) >= 11 is 0. The smallest absolute Gasteiger partial charge is 0.414 e. The molecule has 36 heavy (non-hydrogen) atoms. The van der Waals surface area contributed by atoms with Crippen LogP contribution in [0.2, 0.25) is 0 Å². The van der Waals surface area contributed by atoms with E-state index in [0.29, 0.717) is 25.9 Å². The lowest BCUT2D eigenvalue weighted by atomic mass is 10.0. The number of carboxylic acids is 2. The van der Waals surface area contributed by atoms with Gasteiger partial charge < -0.3 is 51.2 Å². The van der Waals surface area contributed by atoms with Gasteiger partial charge in [0.2, 0.25) is 0 Å². The highest BCUT2D eigenvalue weighted by Crippen LogP contribution is 2.10. The van der Waals surface area contributed by atoms with Crippen molar-refractivity contribution in [2.75, 3.05) is 26.2 Å². The van der Waals surface area contributed by atoms with Crippen LogP contribution in [0.1, 0.15) is 54.4 Å². The molecule has 0 aromatic carbocycles. The fraction of sp³-hybridized carbons (Fsp3) is 0.818. The molecule has 2 rings (SSSR count). The van der Waals surface area contributed by atoms with Gasteiger partial charge in [0.1, 0.15) is 11.2 Å². The summed E-state index contributed by atoms with van der Waals surface area (Å²) in [7, 11) is 0. The number of aliphatic hydroxyl groups excluding tert-OH is 2. The number of rotatable bonds is 2. The first-order valence-corrected chi connectivity index (χ1v) is 11.6. The van der Waals surface area contributed by atoms with Gasteiger partial charge in [0, 0.05) is 13.1 Å². The largest absolute Gasteiger partial charge is 0.473 e. The van der Waals surface area contributed by atoms with Crippen LogP contribution in [-0.2, 0) is 19.1 Å². The topological polar surface area (TPSA) is 216 Å². The van der Waals surface area contributed by atoms with E-state index in [2.05, 4.69) is 21.3 Å². The first-order valence-electron chi connectivity index (χ1n) is 11.6. The number of carbonyl (C=O) groups excluding carboxylic acids is 2. The highest BCUT2D eigenvalue weighted by Gasteiger charge is 2.27. The Balaban J connectivity index is 0.000000558. The minimum Gasteiger partial charge on any atom is -0.473 e. The molecular formula is C22H42N4O10. The Labute approximate surface area is 211 Å². The Morgan fingerprint density at radius 3 is 1.22 bits per heavy atom. The van der Waals surface area contributed by atoms with Crippen molar-refractivity contribution in [2.45, 2.75) is 89.9 Å². The second-order valence-corrected chi connectivity index (χ2v) is 10.2. The Morgan fingerprint density at radius 1 is 0.694 bits per heavy atom. The Kier molecular flexibility index (Phi) is 14.3. The molecule has 0 spiro atoms. The van der Waals surface area contributed by atoms with Crippen LogP contribution < -0.4 is 21.3 Å². The number of amides is 2. The summed E-state index contributed by atoms with van der Waals surface area (Å²) in [5.41, 5.74) is -1.01. The van der Waals surface area contributed by atoms with Crippen LogP contribution in [0.4, 0.5) is 9.59 Å². The Morgan fingerprint density at radius 2 is 1.00 bits per heavy atom. The van der Waals surface area contributed by atoms with E-state index in [0.717, 1.165) is 13.1 Å². The molecule has 0 aliphatic carbocycles. The van der Waals surface area contributed by atoms with Gasteiger partial charge in [-0.05, 0) is 67.5 Å². The van der Waals surface area contributed by atoms with Crippen LogP contribution in [0.5, 0.6) is 0 Å². The van der Waals surface area contributed by atoms with E-state index in [1.165, 1.54) is 0 Å². The molecule has 2 heterocycles. The zero-order valence-corrected chi connectivity index (χ0v) is 21.8. The Bertz CT molecular complexity index is 661. The first kappa shape index (κ1) is 33.3. The van der Waals surface area contributed by atoms with Gasteiger partial charge >= 0.3 is 24.1 Å². The summed E-state index contributed by atoms with van der Waals surface area (Å²) in [6.07, 6.45) is -0.621. The lowest BCUT2D eigenvalue weighted by Crippen LogP contribution is -2.54. The van der Waals surface area contributed by atoms with Gasteiger partial charge in [0.15, 0.2) is 0 Å². The predicted molar refractivity (Wildman–Crippen MR) is 129 cm³/mol. The normalized spacial score (nSPS) is 23.9. The van der Waals surface area contributed by atoms with E-state index in [9.17, 15) is 19.8 Å². The van der Waals surface area contributed by atoms with E-state index in [-0.39, 0.29) is 12.1 Å². The SMILES string of the molecule is CC(C)(C)OC(=O)N[C@H]1CNCC[C@H]1O.CC(C)(C)OC(=O)N[C@H]1CNCC[C@H]1O.O=C(O)C(=O)O. The van der Waals surface area contributed by atoms with Crippen LogP contribution in [0.3, 0.4) is 0 Å². The van der Waals surface area contributed by atoms with Gasteiger partial charge in [-0.3, -0.25) is 0 Å². The van der Waals surface area contributed by atoms with E-state index >= 15 is 0 Å². The molecule has 14 heteroatoms. The third-order valence-corrected chi connectivity index (χ3v) is 4.48. The van der Waals surface area contributed by atoms with Crippen LogP contribution in [0, 0.1) is 0 Å². The highest BCUT2D eigenvalue weighted by atomic mass is 16.6. The number of piperidine rings is 2. The molecule has 0 radical (unpaired) electrons. The molecule has 210 valence electrons. The van der Waals surface area contributed by atoms with Crippen molar-refractivity contribution in [1.82, 2.24) is 21.3 Å². The third kappa shape index (κ3) is 16.9. The maximum atomic E-state index is 11.4. The quantitative estimate of drug-likeness (QED) is 0.218. The zero-order chi connectivity index (χ0) is 28.1. The molecule has 8 N–H and O–H groups in total. The monoisotopic (exact) mass is 522 g/mol. The summed E-state index contributed by atoms with van der Waals surface area (Å²) in [5.74, 6) is -3.65. The number of carbonyl (C=O) groups is 4. The molecule has 14 nitrogen and oxygen atoms in total. The molecule has 2 fully saturated rings. The lowest BCUT2D eigenvalue weighted by Gasteiger charge is -2.30. The summed E-state index contributed by atoms with van der Waals surface area (Å²) in [6.45, 7) is 13.6. The number of aliphatic hydroxyl groups is 2. The fourth-order valence-electron chi connectivity index (χ4n) is 2.90. The van der Waals surface area contributed by atoms with Crippen molar-refractivity contribution in [1.29, 1.82) is 0 Å².